The van der Waals surface area contributed by atoms with E-state index in [1.807, 2.05) is 13.8 Å². The molecule has 0 saturated heterocycles. The maximum atomic E-state index is 13.4. The first-order chi connectivity index (χ1) is 16.2. The second-order valence-electron chi connectivity index (χ2n) is 8.01. The first kappa shape index (κ1) is 22.9. The summed E-state index contributed by atoms with van der Waals surface area (Å²) in [6.07, 6.45) is 0.744. The van der Waals surface area contributed by atoms with Gasteiger partial charge in [-0.05, 0) is 49.7 Å². The lowest BCUT2D eigenvalue weighted by Gasteiger charge is -2.12. The van der Waals surface area contributed by atoms with Gasteiger partial charge in [-0.2, -0.15) is 0 Å². The first-order valence-electron chi connectivity index (χ1n) is 10.7. The number of anilines is 1. The summed E-state index contributed by atoms with van der Waals surface area (Å²) in [5.41, 5.74) is -0.346. The summed E-state index contributed by atoms with van der Waals surface area (Å²) in [5, 5.41) is 9.73. The van der Waals surface area contributed by atoms with E-state index in [9.17, 15) is 23.6 Å². The molecule has 11 heteroatoms. The van der Waals surface area contributed by atoms with E-state index in [-0.39, 0.29) is 39.9 Å². The van der Waals surface area contributed by atoms with Crippen LogP contribution in [0.15, 0.2) is 52.1 Å². The van der Waals surface area contributed by atoms with Crippen LogP contribution in [0.4, 0.5) is 10.1 Å². The number of halogens is 1. The van der Waals surface area contributed by atoms with Gasteiger partial charge in [-0.3, -0.25) is 19.0 Å². The molecule has 4 aromatic rings. The number of hydrogen-bond donors (Lipinski definition) is 2. The van der Waals surface area contributed by atoms with Gasteiger partial charge < -0.3 is 10.6 Å². The smallest absolute Gasteiger partial charge is 0.350 e. The predicted octanol–water partition coefficient (Wildman–Crippen LogP) is 1.65. The van der Waals surface area contributed by atoms with E-state index < -0.39 is 29.5 Å². The molecule has 0 radical (unpaired) electrons. The molecule has 2 aromatic carbocycles. The van der Waals surface area contributed by atoms with Crippen molar-refractivity contribution in [1.29, 1.82) is 0 Å². The minimum absolute atomic E-state index is 0.0144. The van der Waals surface area contributed by atoms with Crippen molar-refractivity contribution in [2.45, 2.75) is 32.9 Å². The van der Waals surface area contributed by atoms with E-state index in [1.165, 1.54) is 52.4 Å². The fourth-order valence-corrected chi connectivity index (χ4v) is 3.55. The highest BCUT2D eigenvalue weighted by atomic mass is 19.1. The summed E-state index contributed by atoms with van der Waals surface area (Å²) in [6.45, 7) is 3.36. The van der Waals surface area contributed by atoms with Gasteiger partial charge in [0.05, 0.1) is 10.9 Å². The maximum absolute atomic E-state index is 13.4. The lowest BCUT2D eigenvalue weighted by atomic mass is 10.1. The van der Waals surface area contributed by atoms with Gasteiger partial charge in [0.25, 0.3) is 11.5 Å². The zero-order valence-corrected chi connectivity index (χ0v) is 18.8. The lowest BCUT2D eigenvalue weighted by Crippen LogP contribution is -2.32. The van der Waals surface area contributed by atoms with Gasteiger partial charge in [0.2, 0.25) is 11.7 Å². The normalized spacial score (nSPS) is 12.1. The third-order valence-corrected chi connectivity index (χ3v) is 5.55. The van der Waals surface area contributed by atoms with Gasteiger partial charge in [0.1, 0.15) is 12.4 Å². The van der Waals surface area contributed by atoms with Crippen molar-refractivity contribution in [1.82, 2.24) is 24.1 Å². The Morgan fingerprint density at radius 2 is 1.91 bits per heavy atom. The number of rotatable bonds is 6. The monoisotopic (exact) mass is 466 g/mol. The molecule has 2 amide bonds. The third-order valence-electron chi connectivity index (χ3n) is 5.55. The predicted molar refractivity (Wildman–Crippen MR) is 124 cm³/mol. The zero-order valence-electron chi connectivity index (χ0n) is 18.8. The highest BCUT2D eigenvalue weighted by Crippen LogP contribution is 2.14. The van der Waals surface area contributed by atoms with Crippen LogP contribution in [0.25, 0.3) is 16.7 Å². The molecule has 176 valence electrons. The molecule has 10 nitrogen and oxygen atoms in total. The van der Waals surface area contributed by atoms with E-state index in [0.29, 0.717) is 0 Å². The quantitative estimate of drug-likeness (QED) is 0.448. The van der Waals surface area contributed by atoms with Crippen molar-refractivity contribution in [2.24, 2.45) is 7.05 Å². The Kier molecular flexibility index (Phi) is 6.01. The number of benzene rings is 2. The Morgan fingerprint density at radius 1 is 1.15 bits per heavy atom. The summed E-state index contributed by atoms with van der Waals surface area (Å²) >= 11 is 0. The van der Waals surface area contributed by atoms with Crippen LogP contribution in [-0.2, 0) is 18.4 Å². The van der Waals surface area contributed by atoms with Crippen molar-refractivity contribution in [2.75, 3.05) is 5.32 Å². The van der Waals surface area contributed by atoms with Gasteiger partial charge in [0, 0.05) is 24.3 Å². The van der Waals surface area contributed by atoms with Crippen LogP contribution in [0.3, 0.4) is 0 Å². The van der Waals surface area contributed by atoms with Crippen LogP contribution in [0.1, 0.15) is 30.6 Å². The summed E-state index contributed by atoms with van der Waals surface area (Å²) in [4.78, 5) is 51.1. The van der Waals surface area contributed by atoms with Gasteiger partial charge in [-0.1, -0.05) is 13.0 Å². The largest absolute Gasteiger partial charge is 0.352 e. The highest BCUT2D eigenvalue weighted by molar-refractivity contribution is 5.98. The minimum atomic E-state index is -0.663. The molecule has 0 bridgehead atoms. The average Bonchev–Trinajstić information content (AvgIpc) is 3.12. The van der Waals surface area contributed by atoms with E-state index >= 15 is 0 Å². The number of carbonyl (C=O) groups excluding carboxylic acids is 2. The SMILES string of the molecule is CCC(C)NC(=O)c1ccc2c(=O)n(C)c3nn(CC(=O)Nc4cccc(F)c4)c(=O)n3c2c1. The van der Waals surface area contributed by atoms with Crippen LogP contribution in [-0.4, -0.2) is 36.6 Å². The molecule has 0 aliphatic carbocycles. The fourth-order valence-electron chi connectivity index (χ4n) is 3.55. The number of hydrogen-bond acceptors (Lipinski definition) is 5. The lowest BCUT2D eigenvalue weighted by molar-refractivity contribution is -0.117. The molecule has 2 N–H and O–H groups in total. The molecule has 2 aromatic heterocycles. The number of amides is 2. The second kappa shape index (κ2) is 8.93. The molecule has 0 fully saturated rings. The summed E-state index contributed by atoms with van der Waals surface area (Å²) in [6, 6.07) is 9.77. The summed E-state index contributed by atoms with van der Waals surface area (Å²) < 4.78 is 16.7. The second-order valence-corrected chi connectivity index (χ2v) is 8.01. The van der Waals surface area contributed by atoms with Gasteiger partial charge in [-0.25, -0.2) is 18.3 Å². The molecule has 0 aliphatic rings. The van der Waals surface area contributed by atoms with Crippen molar-refractivity contribution < 1.29 is 14.0 Å². The number of fused-ring (bicyclic) bond motifs is 3. The van der Waals surface area contributed by atoms with Gasteiger partial charge in [-0.15, -0.1) is 5.10 Å². The molecule has 1 atom stereocenters. The van der Waals surface area contributed by atoms with Crippen LogP contribution < -0.4 is 21.9 Å². The molecule has 0 spiro atoms. The van der Waals surface area contributed by atoms with Crippen molar-refractivity contribution in [3.05, 3.63) is 74.7 Å². The summed E-state index contributed by atoms with van der Waals surface area (Å²) in [7, 11) is 1.46. The standard InChI is InChI=1S/C23H23FN6O4/c1-4-13(2)25-20(32)14-8-9-17-18(10-14)30-22(28(3)21(17)33)27-29(23(30)34)12-19(31)26-16-7-5-6-15(24)11-16/h5-11,13H,4,12H2,1-3H3,(H,25,32)(H,26,31). The number of aromatic nitrogens is 4. The Balaban J connectivity index is 1.77. The topological polar surface area (TPSA) is 120 Å². The fraction of sp³-hybridized carbons (Fsp3) is 0.261. The van der Waals surface area contributed by atoms with Gasteiger partial charge in [0.15, 0.2) is 0 Å². The van der Waals surface area contributed by atoms with Gasteiger partial charge >= 0.3 is 5.69 Å². The molecule has 0 aliphatic heterocycles. The highest BCUT2D eigenvalue weighted by Gasteiger charge is 2.19. The number of nitrogens with zero attached hydrogens (tertiary/aromatic N) is 4. The minimum Gasteiger partial charge on any atom is -0.350 e. The summed E-state index contributed by atoms with van der Waals surface area (Å²) in [5.74, 6) is -1.43. The Morgan fingerprint density at radius 3 is 2.62 bits per heavy atom. The number of aryl methyl sites for hydroxylation is 1. The Bertz CT molecular complexity index is 1550. The van der Waals surface area contributed by atoms with E-state index in [1.54, 1.807) is 0 Å². The van der Waals surface area contributed by atoms with E-state index in [4.69, 9.17) is 0 Å². The van der Waals surface area contributed by atoms with Crippen LogP contribution in [0.5, 0.6) is 0 Å². The average molecular weight is 466 g/mol. The van der Waals surface area contributed by atoms with E-state index in [0.717, 1.165) is 17.2 Å². The number of carbonyl (C=O) groups is 2. The van der Waals surface area contributed by atoms with E-state index in [2.05, 4.69) is 15.7 Å². The molecular formula is C23H23FN6O4. The van der Waals surface area contributed by atoms with Crippen molar-refractivity contribution >= 4 is 34.2 Å². The van der Waals surface area contributed by atoms with Crippen molar-refractivity contribution in [3.63, 3.8) is 0 Å². The molecule has 34 heavy (non-hydrogen) atoms. The van der Waals surface area contributed by atoms with Crippen LogP contribution in [0, 0.1) is 5.82 Å². The third kappa shape index (κ3) is 4.19. The molecule has 4 rings (SSSR count). The maximum Gasteiger partial charge on any atom is 0.352 e. The number of nitrogens with one attached hydrogen (secondary N) is 2. The Hall–Kier alpha value is -4.28. The molecule has 1 unspecified atom stereocenters. The first-order valence-corrected chi connectivity index (χ1v) is 10.7. The van der Waals surface area contributed by atoms with Crippen LogP contribution >= 0.6 is 0 Å². The Labute approximate surface area is 192 Å². The molecule has 0 saturated carbocycles. The molecular weight excluding hydrogens is 443 g/mol. The molecule has 2 heterocycles. The van der Waals surface area contributed by atoms with Crippen molar-refractivity contribution in [3.8, 4) is 0 Å². The van der Waals surface area contributed by atoms with Crippen LogP contribution in [0.2, 0.25) is 0 Å². The zero-order chi connectivity index (χ0) is 24.6.